The zero-order valence-electron chi connectivity index (χ0n) is 16.0. The molecule has 0 aliphatic rings. The molecule has 0 radical (unpaired) electrons. The van der Waals surface area contributed by atoms with Crippen molar-refractivity contribution in [3.8, 4) is 5.75 Å². The maximum Gasteiger partial charge on any atom is 0.257 e. The van der Waals surface area contributed by atoms with Crippen molar-refractivity contribution in [3.05, 3.63) is 58.6 Å². The number of amides is 2. The maximum atomic E-state index is 13.3. The van der Waals surface area contributed by atoms with E-state index < -0.39 is 17.8 Å². The van der Waals surface area contributed by atoms with Crippen LogP contribution >= 0.6 is 11.6 Å². The monoisotopic (exact) mass is 423 g/mol. The van der Waals surface area contributed by atoms with E-state index in [1.807, 2.05) is 19.1 Å². The largest absolute Gasteiger partial charge is 0.484 e. The highest BCUT2D eigenvalue weighted by atomic mass is 35.5. The molecule has 0 saturated carbocycles. The van der Waals surface area contributed by atoms with Gasteiger partial charge in [0.15, 0.2) is 6.61 Å². The first-order chi connectivity index (χ1) is 13.8. The Labute approximate surface area is 173 Å². The SMILES string of the molecule is Cc1ccc(CNC(=O)CC(O)CCNC(=O)COc2ccc(Cl)c(F)c2)nc1. The van der Waals surface area contributed by atoms with Crippen LogP contribution in [-0.2, 0) is 16.1 Å². The summed E-state index contributed by atoms with van der Waals surface area (Å²) in [6.45, 7) is 2.08. The lowest BCUT2D eigenvalue weighted by Crippen LogP contribution is -2.33. The highest BCUT2D eigenvalue weighted by molar-refractivity contribution is 6.30. The van der Waals surface area contributed by atoms with Gasteiger partial charge >= 0.3 is 0 Å². The molecule has 0 spiro atoms. The molecule has 1 heterocycles. The van der Waals surface area contributed by atoms with Crippen LogP contribution < -0.4 is 15.4 Å². The first kappa shape index (κ1) is 22.6. The molecule has 7 nitrogen and oxygen atoms in total. The summed E-state index contributed by atoms with van der Waals surface area (Å²) in [6.07, 6.45) is 0.943. The highest BCUT2D eigenvalue weighted by Gasteiger charge is 2.12. The quantitative estimate of drug-likeness (QED) is 0.543. The standard InChI is InChI=1S/C20H23ClFN3O4/c1-13-2-3-14(24-10-13)11-25-19(27)8-15(26)6-7-23-20(28)12-29-16-4-5-17(21)18(22)9-16/h2-5,9-10,15,26H,6-8,11-12H2,1H3,(H,23,28)(H,25,27). The Hall–Kier alpha value is -2.71. The van der Waals surface area contributed by atoms with E-state index in [0.717, 1.165) is 17.3 Å². The van der Waals surface area contributed by atoms with Gasteiger partial charge in [-0.15, -0.1) is 0 Å². The summed E-state index contributed by atoms with van der Waals surface area (Å²) >= 11 is 5.57. The van der Waals surface area contributed by atoms with Crippen molar-refractivity contribution in [3.63, 3.8) is 0 Å². The van der Waals surface area contributed by atoms with Crippen molar-refractivity contribution in [2.45, 2.75) is 32.4 Å². The number of aromatic nitrogens is 1. The van der Waals surface area contributed by atoms with Gasteiger partial charge in [0.2, 0.25) is 5.91 Å². The Balaban J connectivity index is 1.59. The summed E-state index contributed by atoms with van der Waals surface area (Å²) < 4.78 is 18.5. The van der Waals surface area contributed by atoms with Crippen molar-refractivity contribution in [1.82, 2.24) is 15.6 Å². The minimum Gasteiger partial charge on any atom is -0.484 e. The van der Waals surface area contributed by atoms with E-state index in [1.165, 1.54) is 12.1 Å². The molecular weight excluding hydrogens is 401 g/mol. The van der Waals surface area contributed by atoms with Crippen LogP contribution in [0.25, 0.3) is 0 Å². The lowest BCUT2D eigenvalue weighted by atomic mass is 10.1. The van der Waals surface area contributed by atoms with E-state index in [9.17, 15) is 19.1 Å². The van der Waals surface area contributed by atoms with Gasteiger partial charge in [-0.25, -0.2) is 4.39 Å². The Morgan fingerprint density at radius 3 is 2.72 bits per heavy atom. The summed E-state index contributed by atoms with van der Waals surface area (Å²) in [5.74, 6) is -1.19. The Kier molecular flexibility index (Phi) is 8.82. The molecule has 2 rings (SSSR count). The zero-order chi connectivity index (χ0) is 21.2. The van der Waals surface area contributed by atoms with Gasteiger partial charge in [0, 0.05) is 18.8 Å². The van der Waals surface area contributed by atoms with Crippen LogP contribution in [0.15, 0.2) is 36.5 Å². The normalized spacial score (nSPS) is 11.6. The van der Waals surface area contributed by atoms with E-state index in [0.29, 0.717) is 0 Å². The number of aliphatic hydroxyl groups excluding tert-OH is 1. The molecule has 9 heteroatoms. The third-order valence-corrected chi connectivity index (χ3v) is 4.23. The fraction of sp³-hybridized carbons (Fsp3) is 0.350. The van der Waals surface area contributed by atoms with Gasteiger partial charge in [0.1, 0.15) is 11.6 Å². The Morgan fingerprint density at radius 2 is 2.03 bits per heavy atom. The van der Waals surface area contributed by atoms with Crippen LogP contribution in [0.1, 0.15) is 24.1 Å². The van der Waals surface area contributed by atoms with Crippen LogP contribution in [0.2, 0.25) is 5.02 Å². The van der Waals surface area contributed by atoms with E-state index >= 15 is 0 Å². The molecule has 29 heavy (non-hydrogen) atoms. The number of aryl methyl sites for hydroxylation is 1. The molecule has 1 unspecified atom stereocenters. The second-order valence-electron chi connectivity index (χ2n) is 6.46. The molecule has 3 N–H and O–H groups in total. The van der Waals surface area contributed by atoms with Gasteiger partial charge in [-0.05, 0) is 37.1 Å². The number of ether oxygens (including phenoxy) is 1. The third-order valence-electron chi connectivity index (χ3n) is 3.92. The highest BCUT2D eigenvalue weighted by Crippen LogP contribution is 2.20. The summed E-state index contributed by atoms with van der Waals surface area (Å²) in [5.41, 5.74) is 1.76. The van der Waals surface area contributed by atoms with Crippen LogP contribution in [0.4, 0.5) is 4.39 Å². The van der Waals surface area contributed by atoms with Crippen LogP contribution in [0.5, 0.6) is 5.75 Å². The van der Waals surface area contributed by atoms with Gasteiger partial charge in [0.25, 0.3) is 5.91 Å². The number of benzene rings is 1. The minimum absolute atomic E-state index is 0.0324. The number of nitrogens with one attached hydrogen (secondary N) is 2. The number of hydrogen-bond donors (Lipinski definition) is 3. The summed E-state index contributed by atoms with van der Waals surface area (Å²) in [5, 5.41) is 15.1. The summed E-state index contributed by atoms with van der Waals surface area (Å²) in [6, 6.07) is 7.60. The van der Waals surface area contributed by atoms with Crippen LogP contribution in [0.3, 0.4) is 0 Å². The number of hydrogen-bond acceptors (Lipinski definition) is 5. The second kappa shape index (κ2) is 11.3. The summed E-state index contributed by atoms with van der Waals surface area (Å²) in [7, 11) is 0. The molecule has 2 amide bonds. The predicted molar refractivity (Wildman–Crippen MR) is 106 cm³/mol. The molecule has 0 saturated heterocycles. The number of aliphatic hydroxyl groups is 1. The zero-order valence-corrected chi connectivity index (χ0v) is 16.7. The van der Waals surface area contributed by atoms with Crippen LogP contribution in [0, 0.1) is 12.7 Å². The van der Waals surface area contributed by atoms with E-state index in [4.69, 9.17) is 16.3 Å². The molecule has 0 fully saturated rings. The van der Waals surface area contributed by atoms with Crippen molar-refractivity contribution in [2.75, 3.05) is 13.2 Å². The molecule has 0 aliphatic carbocycles. The third kappa shape index (κ3) is 8.45. The first-order valence-electron chi connectivity index (χ1n) is 9.04. The van der Waals surface area contributed by atoms with Crippen LogP contribution in [-0.4, -0.2) is 41.2 Å². The van der Waals surface area contributed by atoms with Crippen molar-refractivity contribution >= 4 is 23.4 Å². The summed E-state index contributed by atoms with van der Waals surface area (Å²) in [4.78, 5) is 27.8. The number of carbonyl (C=O) groups excluding carboxylic acids is 2. The number of pyridine rings is 1. The molecule has 0 aliphatic heterocycles. The predicted octanol–water partition coefficient (Wildman–Crippen LogP) is 2.14. The fourth-order valence-corrected chi connectivity index (χ4v) is 2.44. The van der Waals surface area contributed by atoms with Crippen molar-refractivity contribution < 1.29 is 23.8 Å². The molecule has 2 aromatic rings. The Bertz CT molecular complexity index is 833. The fourth-order valence-electron chi connectivity index (χ4n) is 2.33. The molecular formula is C20H23ClFN3O4. The molecule has 0 bridgehead atoms. The van der Waals surface area contributed by atoms with E-state index in [2.05, 4.69) is 15.6 Å². The van der Waals surface area contributed by atoms with Crippen molar-refractivity contribution in [1.29, 1.82) is 0 Å². The number of rotatable bonds is 10. The molecule has 1 aromatic carbocycles. The number of halogens is 2. The van der Waals surface area contributed by atoms with Gasteiger partial charge in [-0.2, -0.15) is 0 Å². The lowest BCUT2D eigenvalue weighted by molar-refractivity contribution is -0.123. The molecule has 1 atom stereocenters. The molecule has 156 valence electrons. The smallest absolute Gasteiger partial charge is 0.257 e. The second-order valence-corrected chi connectivity index (χ2v) is 6.87. The average molecular weight is 424 g/mol. The van der Waals surface area contributed by atoms with Gasteiger partial charge in [-0.3, -0.25) is 14.6 Å². The van der Waals surface area contributed by atoms with Gasteiger partial charge in [-0.1, -0.05) is 17.7 Å². The van der Waals surface area contributed by atoms with E-state index in [1.54, 1.807) is 6.20 Å². The lowest BCUT2D eigenvalue weighted by Gasteiger charge is -2.12. The maximum absolute atomic E-state index is 13.3. The number of nitrogens with zero attached hydrogens (tertiary/aromatic N) is 1. The van der Waals surface area contributed by atoms with Gasteiger partial charge in [0.05, 0.1) is 29.8 Å². The average Bonchev–Trinajstić information content (AvgIpc) is 2.68. The topological polar surface area (TPSA) is 101 Å². The van der Waals surface area contributed by atoms with E-state index in [-0.39, 0.29) is 49.2 Å². The van der Waals surface area contributed by atoms with Gasteiger partial charge < -0.3 is 20.5 Å². The van der Waals surface area contributed by atoms with Crippen molar-refractivity contribution in [2.24, 2.45) is 0 Å². The Morgan fingerprint density at radius 1 is 1.24 bits per heavy atom. The number of carbonyl (C=O) groups is 2. The first-order valence-corrected chi connectivity index (χ1v) is 9.42. The minimum atomic E-state index is -0.896. The molecule has 1 aromatic heterocycles.